The van der Waals surface area contributed by atoms with E-state index in [1.54, 1.807) is 12.3 Å². The Morgan fingerprint density at radius 1 is 1.26 bits per heavy atom. The molecule has 0 aliphatic carbocycles. The van der Waals surface area contributed by atoms with Crippen molar-refractivity contribution in [1.82, 2.24) is 14.9 Å². The molecule has 1 heterocycles. The number of amides is 1. The van der Waals surface area contributed by atoms with Crippen LogP contribution in [0.2, 0.25) is 0 Å². The molecule has 1 aromatic heterocycles. The van der Waals surface area contributed by atoms with E-state index in [0.29, 0.717) is 0 Å². The number of hydrogen-bond donors (Lipinski definition) is 1. The van der Waals surface area contributed by atoms with Gasteiger partial charge in [-0.05, 0) is 31.5 Å². The minimum atomic E-state index is -0.283. The van der Waals surface area contributed by atoms with Crippen LogP contribution in [0.25, 0.3) is 0 Å². The van der Waals surface area contributed by atoms with Gasteiger partial charge in [-0.25, -0.2) is 4.98 Å². The number of carbonyl (C=O) groups excluding carboxylic acids is 1. The first-order valence-electron chi connectivity index (χ1n) is 7.58. The van der Waals surface area contributed by atoms with E-state index in [1.165, 1.54) is 0 Å². The van der Waals surface area contributed by atoms with E-state index in [1.807, 2.05) is 74.9 Å². The number of anilines is 1. The van der Waals surface area contributed by atoms with Gasteiger partial charge in [0.1, 0.15) is 11.9 Å². The summed E-state index contributed by atoms with van der Waals surface area (Å²) in [6.07, 6.45) is 5.22. The number of rotatable bonds is 5. The molecule has 1 N–H and O–H groups in total. The van der Waals surface area contributed by atoms with Gasteiger partial charge in [0.05, 0.1) is 0 Å². The molecule has 0 fully saturated rings. The number of hydrogen-bond acceptors (Lipinski definition) is 3. The second-order valence-corrected chi connectivity index (χ2v) is 6.05. The second kappa shape index (κ2) is 7.13. The van der Waals surface area contributed by atoms with Gasteiger partial charge in [-0.2, -0.15) is 0 Å². The lowest BCUT2D eigenvalue weighted by atomic mass is 10.1. The average Bonchev–Trinajstić information content (AvgIpc) is 2.90. The van der Waals surface area contributed by atoms with Crippen molar-refractivity contribution < 1.29 is 4.79 Å². The Kier molecular flexibility index (Phi) is 5.21. The number of benzene rings is 1. The van der Waals surface area contributed by atoms with Gasteiger partial charge in [0.25, 0.3) is 0 Å². The number of nitrogens with zero attached hydrogens (tertiary/aromatic N) is 3. The molecule has 2 aromatic rings. The number of aryl methyl sites for hydroxylation is 1. The zero-order chi connectivity index (χ0) is 17.0. The molecule has 0 radical (unpaired) electrons. The smallest absolute Gasteiger partial charge is 0.244 e. The fraction of sp³-hybridized carbons (Fsp3) is 0.333. The molecule has 5 nitrogen and oxygen atoms in total. The van der Waals surface area contributed by atoms with Crippen molar-refractivity contribution >= 4 is 11.6 Å². The highest BCUT2D eigenvalue weighted by molar-refractivity contribution is 5.88. The van der Waals surface area contributed by atoms with Gasteiger partial charge in [0.15, 0.2) is 0 Å². The highest BCUT2D eigenvalue weighted by Crippen LogP contribution is 2.23. The first kappa shape index (κ1) is 16.8. The van der Waals surface area contributed by atoms with Crippen molar-refractivity contribution in [3.8, 4) is 0 Å². The van der Waals surface area contributed by atoms with E-state index in [9.17, 15) is 4.79 Å². The summed E-state index contributed by atoms with van der Waals surface area (Å²) in [5, 5.41) is 3.04. The fourth-order valence-corrected chi connectivity index (χ4v) is 2.36. The second-order valence-electron chi connectivity index (χ2n) is 6.05. The molecule has 5 heteroatoms. The van der Waals surface area contributed by atoms with Crippen LogP contribution >= 0.6 is 0 Å². The van der Waals surface area contributed by atoms with Crippen LogP contribution in [0.1, 0.15) is 31.3 Å². The molecule has 0 saturated carbocycles. The van der Waals surface area contributed by atoms with Gasteiger partial charge in [-0.3, -0.25) is 4.79 Å². The molecular formula is C18H24N4O. The Morgan fingerprint density at radius 2 is 1.91 bits per heavy atom. The Morgan fingerprint density at radius 3 is 2.39 bits per heavy atom. The van der Waals surface area contributed by atoms with Crippen molar-refractivity contribution in [2.45, 2.75) is 19.9 Å². The third-order valence-corrected chi connectivity index (χ3v) is 3.57. The van der Waals surface area contributed by atoms with Crippen LogP contribution in [0.15, 0.2) is 48.3 Å². The van der Waals surface area contributed by atoms with Gasteiger partial charge in [0.2, 0.25) is 5.91 Å². The van der Waals surface area contributed by atoms with E-state index in [2.05, 4.69) is 10.3 Å². The number of imidazole rings is 1. The normalized spacial score (nSPS) is 11.7. The molecule has 0 aliphatic rings. The quantitative estimate of drug-likeness (QED) is 0.864. The molecule has 1 unspecified atom stereocenters. The number of carbonyl (C=O) groups is 1. The van der Waals surface area contributed by atoms with Crippen LogP contribution in [-0.2, 0) is 11.8 Å². The Labute approximate surface area is 137 Å². The Hall–Kier alpha value is -2.56. The maximum Gasteiger partial charge on any atom is 0.244 e. The van der Waals surface area contributed by atoms with E-state index >= 15 is 0 Å². The van der Waals surface area contributed by atoms with Gasteiger partial charge in [0, 0.05) is 45.3 Å². The SMILES string of the molecule is CC(C)=CC(=O)NC(c1ccc(N(C)C)cc1)c1nccn1C. The molecule has 1 atom stereocenters. The fourth-order valence-electron chi connectivity index (χ4n) is 2.36. The predicted octanol–water partition coefficient (Wildman–Crippen LogP) is 2.66. The van der Waals surface area contributed by atoms with E-state index < -0.39 is 0 Å². The lowest BCUT2D eigenvalue weighted by Gasteiger charge is -2.20. The lowest BCUT2D eigenvalue weighted by Crippen LogP contribution is -2.30. The van der Waals surface area contributed by atoms with E-state index in [0.717, 1.165) is 22.6 Å². The highest BCUT2D eigenvalue weighted by atomic mass is 16.1. The van der Waals surface area contributed by atoms with Crippen molar-refractivity contribution in [2.24, 2.45) is 7.05 Å². The summed E-state index contributed by atoms with van der Waals surface area (Å²) in [6, 6.07) is 7.85. The summed E-state index contributed by atoms with van der Waals surface area (Å²) in [7, 11) is 5.93. The molecule has 1 aromatic carbocycles. The summed E-state index contributed by atoms with van der Waals surface area (Å²) in [5.41, 5.74) is 3.08. The summed E-state index contributed by atoms with van der Waals surface area (Å²) in [4.78, 5) is 18.6. The minimum Gasteiger partial charge on any atom is -0.378 e. The largest absolute Gasteiger partial charge is 0.378 e. The van der Waals surface area contributed by atoms with Crippen LogP contribution in [0.3, 0.4) is 0 Å². The lowest BCUT2D eigenvalue weighted by molar-refractivity contribution is -0.117. The zero-order valence-electron chi connectivity index (χ0n) is 14.4. The third-order valence-electron chi connectivity index (χ3n) is 3.57. The van der Waals surface area contributed by atoms with Gasteiger partial charge in [-0.1, -0.05) is 17.7 Å². The molecule has 122 valence electrons. The third kappa shape index (κ3) is 4.22. The van der Waals surface area contributed by atoms with Crippen molar-refractivity contribution in [3.63, 3.8) is 0 Å². The van der Waals surface area contributed by atoms with Gasteiger partial charge >= 0.3 is 0 Å². The number of nitrogens with one attached hydrogen (secondary N) is 1. The number of aromatic nitrogens is 2. The number of allylic oxidation sites excluding steroid dienone is 1. The maximum absolute atomic E-state index is 12.2. The molecule has 0 aliphatic heterocycles. The molecular weight excluding hydrogens is 288 g/mol. The average molecular weight is 312 g/mol. The standard InChI is InChI=1S/C18H24N4O/c1-13(2)12-16(23)20-17(18-19-10-11-22(18)5)14-6-8-15(9-7-14)21(3)4/h6-12,17H,1-5H3,(H,20,23). The van der Waals surface area contributed by atoms with Crippen LogP contribution in [0.4, 0.5) is 5.69 Å². The van der Waals surface area contributed by atoms with Crippen LogP contribution in [0, 0.1) is 0 Å². The van der Waals surface area contributed by atoms with Crippen molar-refractivity contribution in [1.29, 1.82) is 0 Å². The topological polar surface area (TPSA) is 50.2 Å². The highest BCUT2D eigenvalue weighted by Gasteiger charge is 2.20. The van der Waals surface area contributed by atoms with Crippen LogP contribution in [0.5, 0.6) is 0 Å². The van der Waals surface area contributed by atoms with Gasteiger partial charge in [-0.15, -0.1) is 0 Å². The summed E-state index contributed by atoms with van der Waals surface area (Å²) >= 11 is 0. The summed E-state index contributed by atoms with van der Waals surface area (Å²) < 4.78 is 1.92. The zero-order valence-corrected chi connectivity index (χ0v) is 14.4. The molecule has 23 heavy (non-hydrogen) atoms. The van der Waals surface area contributed by atoms with Crippen LogP contribution < -0.4 is 10.2 Å². The summed E-state index contributed by atoms with van der Waals surface area (Å²) in [5.74, 6) is 0.688. The molecule has 0 saturated heterocycles. The first-order valence-corrected chi connectivity index (χ1v) is 7.58. The molecule has 0 spiro atoms. The minimum absolute atomic E-state index is 0.116. The summed E-state index contributed by atoms with van der Waals surface area (Å²) in [6.45, 7) is 3.81. The predicted molar refractivity (Wildman–Crippen MR) is 93.4 cm³/mol. The monoisotopic (exact) mass is 312 g/mol. The van der Waals surface area contributed by atoms with Crippen LogP contribution in [-0.4, -0.2) is 29.6 Å². The molecule has 2 rings (SSSR count). The maximum atomic E-state index is 12.2. The Balaban J connectivity index is 2.35. The van der Waals surface area contributed by atoms with E-state index in [4.69, 9.17) is 0 Å². The van der Waals surface area contributed by atoms with Crippen molar-refractivity contribution in [3.05, 3.63) is 59.7 Å². The molecule has 0 bridgehead atoms. The van der Waals surface area contributed by atoms with Crippen molar-refractivity contribution in [2.75, 3.05) is 19.0 Å². The van der Waals surface area contributed by atoms with Gasteiger partial charge < -0.3 is 14.8 Å². The molecule has 1 amide bonds. The van der Waals surface area contributed by atoms with E-state index in [-0.39, 0.29) is 11.9 Å². The first-order chi connectivity index (χ1) is 10.9. The Bertz CT molecular complexity index is 694.